The van der Waals surface area contributed by atoms with Crippen molar-refractivity contribution in [3.63, 3.8) is 0 Å². The van der Waals surface area contributed by atoms with Crippen LogP contribution in [0.15, 0.2) is 53.4 Å². The molecule has 0 fully saturated rings. The molecule has 0 spiro atoms. The van der Waals surface area contributed by atoms with Crippen LogP contribution in [-0.2, 0) is 10.1 Å². The van der Waals surface area contributed by atoms with Crippen molar-refractivity contribution >= 4 is 10.1 Å². The molecular weight excluding hydrogens is 271 g/mol. The Morgan fingerprint density at radius 2 is 1.63 bits per heavy atom. The lowest BCUT2D eigenvalue weighted by Gasteiger charge is -2.08. The molecule has 0 radical (unpaired) electrons. The highest BCUT2D eigenvalue weighted by molar-refractivity contribution is 7.87. The van der Waals surface area contributed by atoms with Crippen molar-refractivity contribution in [3.05, 3.63) is 54.3 Å². The highest BCUT2D eigenvalue weighted by atomic mass is 32.2. The molecule has 0 saturated carbocycles. The Labute approximate surface area is 110 Å². The van der Waals surface area contributed by atoms with Crippen molar-refractivity contribution < 1.29 is 21.7 Å². The Morgan fingerprint density at radius 1 is 1.00 bits per heavy atom. The van der Waals surface area contributed by atoms with Gasteiger partial charge in [0.25, 0.3) is 0 Å². The van der Waals surface area contributed by atoms with Gasteiger partial charge in [0.05, 0.1) is 7.11 Å². The van der Waals surface area contributed by atoms with Crippen molar-refractivity contribution in [1.82, 2.24) is 0 Å². The number of halogens is 1. The number of rotatable bonds is 4. The minimum atomic E-state index is -4.06. The predicted molar refractivity (Wildman–Crippen MR) is 67.2 cm³/mol. The summed E-state index contributed by atoms with van der Waals surface area (Å²) in [6.07, 6.45) is 0. The Morgan fingerprint density at radius 3 is 2.21 bits per heavy atom. The molecule has 0 aliphatic rings. The van der Waals surface area contributed by atoms with Crippen LogP contribution in [0.5, 0.6) is 11.5 Å². The molecule has 6 heteroatoms. The molecule has 19 heavy (non-hydrogen) atoms. The second-order valence-electron chi connectivity index (χ2n) is 3.64. The van der Waals surface area contributed by atoms with E-state index in [0.717, 1.165) is 6.07 Å². The standard InChI is InChI=1S/C13H11FO4S/c1-17-10-6-8-11(9-7-10)19(15,16)18-13-5-3-2-4-12(13)14/h2-9H,1H3. The minimum absolute atomic E-state index is 0.0726. The third-order valence-electron chi connectivity index (χ3n) is 2.38. The van der Waals surface area contributed by atoms with Gasteiger partial charge in [0.15, 0.2) is 11.6 Å². The number of para-hydroxylation sites is 1. The fraction of sp³-hybridized carbons (Fsp3) is 0.0769. The summed E-state index contributed by atoms with van der Waals surface area (Å²) < 4.78 is 46.9. The largest absolute Gasteiger partial charge is 0.497 e. The zero-order valence-electron chi connectivity index (χ0n) is 10.0. The van der Waals surface area contributed by atoms with Crippen LogP contribution in [0.2, 0.25) is 0 Å². The zero-order valence-corrected chi connectivity index (χ0v) is 10.9. The van der Waals surface area contributed by atoms with Gasteiger partial charge < -0.3 is 8.92 Å². The third kappa shape index (κ3) is 3.03. The van der Waals surface area contributed by atoms with Gasteiger partial charge in [-0.15, -0.1) is 0 Å². The first-order chi connectivity index (χ1) is 9.03. The second-order valence-corrected chi connectivity index (χ2v) is 5.19. The minimum Gasteiger partial charge on any atom is -0.497 e. The van der Waals surface area contributed by atoms with Gasteiger partial charge in [-0.25, -0.2) is 4.39 Å². The maximum atomic E-state index is 13.3. The number of hydrogen-bond acceptors (Lipinski definition) is 4. The topological polar surface area (TPSA) is 52.6 Å². The van der Waals surface area contributed by atoms with E-state index < -0.39 is 15.9 Å². The quantitative estimate of drug-likeness (QED) is 0.809. The smallest absolute Gasteiger partial charge is 0.339 e. The summed E-state index contributed by atoms with van der Waals surface area (Å²) in [5, 5.41) is 0. The highest BCUT2D eigenvalue weighted by Crippen LogP contribution is 2.22. The molecule has 2 aromatic rings. The zero-order chi connectivity index (χ0) is 13.9. The molecule has 4 nitrogen and oxygen atoms in total. The van der Waals surface area contributed by atoms with Crippen LogP contribution in [0.1, 0.15) is 0 Å². The Balaban J connectivity index is 2.30. The Hall–Kier alpha value is -2.08. The maximum absolute atomic E-state index is 13.3. The number of methoxy groups -OCH3 is 1. The van der Waals surface area contributed by atoms with E-state index in [9.17, 15) is 12.8 Å². The van der Waals surface area contributed by atoms with Gasteiger partial charge in [-0.3, -0.25) is 0 Å². The molecular formula is C13H11FO4S. The maximum Gasteiger partial charge on any atom is 0.339 e. The van der Waals surface area contributed by atoms with Crippen molar-refractivity contribution in [1.29, 1.82) is 0 Å². The lowest BCUT2D eigenvalue weighted by molar-refractivity contribution is 0.414. The average Bonchev–Trinajstić information content (AvgIpc) is 2.41. The van der Waals surface area contributed by atoms with Gasteiger partial charge in [-0.2, -0.15) is 8.42 Å². The molecule has 0 bridgehead atoms. The molecule has 2 rings (SSSR count). The Kier molecular flexibility index (Phi) is 3.71. The predicted octanol–water partition coefficient (Wildman–Crippen LogP) is 2.60. The molecule has 0 saturated heterocycles. The van der Waals surface area contributed by atoms with E-state index in [2.05, 4.69) is 0 Å². The van der Waals surface area contributed by atoms with E-state index in [4.69, 9.17) is 8.92 Å². The summed E-state index contributed by atoms with van der Waals surface area (Å²) in [6.45, 7) is 0. The number of benzene rings is 2. The summed E-state index contributed by atoms with van der Waals surface area (Å²) in [5.74, 6) is -0.553. The molecule has 0 atom stereocenters. The van der Waals surface area contributed by atoms with Crippen LogP contribution in [0.3, 0.4) is 0 Å². The van der Waals surface area contributed by atoms with Crippen LogP contribution in [0.4, 0.5) is 4.39 Å². The first kappa shape index (κ1) is 13.4. The average molecular weight is 282 g/mol. The summed E-state index contributed by atoms with van der Waals surface area (Å²) in [4.78, 5) is -0.0726. The lowest BCUT2D eigenvalue weighted by Crippen LogP contribution is -2.10. The van der Waals surface area contributed by atoms with E-state index in [-0.39, 0.29) is 10.6 Å². The van der Waals surface area contributed by atoms with Crippen molar-refractivity contribution in [3.8, 4) is 11.5 Å². The molecule has 2 aromatic carbocycles. The molecule has 0 aliphatic heterocycles. The first-order valence-corrected chi connectivity index (χ1v) is 6.77. The SMILES string of the molecule is COc1ccc(S(=O)(=O)Oc2ccccc2F)cc1. The van der Waals surface area contributed by atoms with E-state index >= 15 is 0 Å². The molecule has 0 heterocycles. The molecule has 0 aliphatic carbocycles. The van der Waals surface area contributed by atoms with Crippen LogP contribution < -0.4 is 8.92 Å². The Bertz CT molecular complexity index is 665. The van der Waals surface area contributed by atoms with Gasteiger partial charge in [0.1, 0.15) is 10.6 Å². The molecule has 0 N–H and O–H groups in total. The fourth-order valence-electron chi connectivity index (χ4n) is 1.42. The van der Waals surface area contributed by atoms with Crippen molar-refractivity contribution in [2.45, 2.75) is 4.90 Å². The van der Waals surface area contributed by atoms with Gasteiger partial charge in [0.2, 0.25) is 0 Å². The van der Waals surface area contributed by atoms with Crippen LogP contribution in [0, 0.1) is 5.82 Å². The van der Waals surface area contributed by atoms with Crippen LogP contribution in [-0.4, -0.2) is 15.5 Å². The van der Waals surface area contributed by atoms with E-state index in [0.29, 0.717) is 5.75 Å². The molecule has 0 unspecified atom stereocenters. The lowest BCUT2D eigenvalue weighted by atomic mass is 10.3. The van der Waals surface area contributed by atoms with Gasteiger partial charge >= 0.3 is 10.1 Å². The summed E-state index contributed by atoms with van der Waals surface area (Å²) in [6, 6.07) is 10.9. The van der Waals surface area contributed by atoms with E-state index in [1.807, 2.05) is 0 Å². The third-order valence-corrected chi connectivity index (χ3v) is 3.63. The van der Waals surface area contributed by atoms with Crippen molar-refractivity contribution in [2.24, 2.45) is 0 Å². The van der Waals surface area contributed by atoms with Crippen LogP contribution in [0.25, 0.3) is 0 Å². The second kappa shape index (κ2) is 5.27. The normalized spacial score (nSPS) is 11.1. The van der Waals surface area contributed by atoms with Gasteiger partial charge in [-0.1, -0.05) is 12.1 Å². The van der Waals surface area contributed by atoms with Gasteiger partial charge in [-0.05, 0) is 36.4 Å². The molecule has 0 aromatic heterocycles. The highest BCUT2D eigenvalue weighted by Gasteiger charge is 2.18. The van der Waals surface area contributed by atoms with E-state index in [1.165, 1.54) is 49.6 Å². The summed E-state index contributed by atoms with van der Waals surface area (Å²) in [5.41, 5.74) is 0. The van der Waals surface area contributed by atoms with Crippen LogP contribution >= 0.6 is 0 Å². The van der Waals surface area contributed by atoms with Gasteiger partial charge in [0, 0.05) is 0 Å². The van der Waals surface area contributed by atoms with E-state index in [1.54, 1.807) is 0 Å². The molecule has 0 amide bonds. The number of ether oxygens (including phenoxy) is 1. The summed E-state index contributed by atoms with van der Waals surface area (Å²) in [7, 11) is -2.58. The summed E-state index contributed by atoms with van der Waals surface area (Å²) >= 11 is 0. The monoisotopic (exact) mass is 282 g/mol. The molecule has 100 valence electrons. The van der Waals surface area contributed by atoms with Crippen molar-refractivity contribution in [2.75, 3.05) is 7.11 Å². The first-order valence-electron chi connectivity index (χ1n) is 5.36. The number of hydrogen-bond donors (Lipinski definition) is 0. The fourth-order valence-corrected chi connectivity index (χ4v) is 2.36.